The molecule has 2 heterocycles. The molecule has 2 nitrogen and oxygen atoms in total. The summed E-state index contributed by atoms with van der Waals surface area (Å²) in [6.45, 7) is 7.32. The predicted molar refractivity (Wildman–Crippen MR) is 101 cm³/mol. The van der Waals surface area contributed by atoms with E-state index in [0.29, 0.717) is 0 Å². The lowest BCUT2D eigenvalue weighted by Gasteiger charge is -2.49. The quantitative estimate of drug-likeness (QED) is 0.805. The minimum Gasteiger partial charge on any atom is -0.298 e. The summed E-state index contributed by atoms with van der Waals surface area (Å²) in [6.07, 6.45) is 11.3. The van der Waals surface area contributed by atoms with Gasteiger partial charge < -0.3 is 0 Å². The molecule has 2 aliphatic heterocycles. The van der Waals surface area contributed by atoms with Crippen LogP contribution in [0.4, 0.5) is 0 Å². The average Bonchev–Trinajstić information content (AvgIpc) is 3.11. The first-order chi connectivity index (χ1) is 11.8. The van der Waals surface area contributed by atoms with Gasteiger partial charge in [0, 0.05) is 31.7 Å². The molecule has 0 spiro atoms. The molecule has 1 aromatic carbocycles. The summed E-state index contributed by atoms with van der Waals surface area (Å²) < 4.78 is 0. The Labute approximate surface area is 148 Å². The Bertz CT molecular complexity index is 517. The molecule has 2 atom stereocenters. The second kappa shape index (κ2) is 7.58. The summed E-state index contributed by atoms with van der Waals surface area (Å²) in [5.41, 5.74) is 2.97. The predicted octanol–water partition coefficient (Wildman–Crippen LogP) is 4.48. The maximum atomic E-state index is 2.86. The van der Waals surface area contributed by atoms with E-state index in [2.05, 4.69) is 41.0 Å². The largest absolute Gasteiger partial charge is 0.298 e. The van der Waals surface area contributed by atoms with Crippen molar-refractivity contribution in [2.45, 2.75) is 76.9 Å². The number of rotatable bonds is 4. The Hall–Kier alpha value is -0.860. The molecule has 4 rings (SSSR count). The van der Waals surface area contributed by atoms with Crippen molar-refractivity contribution < 1.29 is 0 Å². The zero-order valence-corrected chi connectivity index (χ0v) is 15.4. The molecule has 0 aromatic heterocycles. The van der Waals surface area contributed by atoms with Crippen LogP contribution in [0.3, 0.4) is 0 Å². The first-order valence-corrected chi connectivity index (χ1v) is 10.4. The Balaban J connectivity index is 1.52. The first-order valence-electron chi connectivity index (χ1n) is 10.4. The molecule has 1 aliphatic carbocycles. The van der Waals surface area contributed by atoms with Crippen molar-refractivity contribution in [1.29, 1.82) is 0 Å². The summed E-state index contributed by atoms with van der Waals surface area (Å²) in [5, 5.41) is 0. The van der Waals surface area contributed by atoms with E-state index in [9.17, 15) is 0 Å². The Kier molecular flexibility index (Phi) is 5.24. The highest BCUT2D eigenvalue weighted by molar-refractivity contribution is 5.22. The van der Waals surface area contributed by atoms with Gasteiger partial charge >= 0.3 is 0 Å². The fourth-order valence-electron chi connectivity index (χ4n) is 5.55. The van der Waals surface area contributed by atoms with Gasteiger partial charge in [0.1, 0.15) is 0 Å². The molecule has 3 aliphatic rings. The summed E-state index contributed by atoms with van der Waals surface area (Å²) in [4.78, 5) is 5.68. The van der Waals surface area contributed by atoms with E-state index >= 15 is 0 Å². The molecular formula is C22H34N2. The molecule has 2 heteroatoms. The minimum atomic E-state index is 0.812. The summed E-state index contributed by atoms with van der Waals surface area (Å²) in [5.74, 6) is 0.944. The molecule has 0 bridgehead atoms. The van der Waals surface area contributed by atoms with Crippen LogP contribution in [0.25, 0.3) is 0 Å². The van der Waals surface area contributed by atoms with Crippen LogP contribution < -0.4 is 0 Å². The average molecular weight is 327 g/mol. The highest BCUT2D eigenvalue weighted by atomic mass is 15.3. The third-order valence-electron chi connectivity index (χ3n) is 6.85. The van der Waals surface area contributed by atoms with Gasteiger partial charge in [-0.15, -0.1) is 0 Å². The molecule has 1 aromatic rings. The van der Waals surface area contributed by atoms with Crippen LogP contribution in [0, 0.1) is 5.92 Å². The lowest BCUT2D eigenvalue weighted by Crippen LogP contribution is -2.59. The lowest BCUT2D eigenvalue weighted by molar-refractivity contribution is -0.00380. The normalized spacial score (nSPS) is 29.7. The van der Waals surface area contributed by atoms with Gasteiger partial charge in [0.25, 0.3) is 0 Å². The smallest absolute Gasteiger partial charge is 0.0283 e. The monoisotopic (exact) mass is 326 g/mol. The van der Waals surface area contributed by atoms with E-state index in [1.54, 1.807) is 0 Å². The van der Waals surface area contributed by atoms with Crippen molar-refractivity contribution >= 4 is 0 Å². The fraction of sp³-hybridized carbons (Fsp3) is 0.727. The number of fused-ring (bicyclic) bond motifs is 1. The second-order valence-corrected chi connectivity index (χ2v) is 8.27. The van der Waals surface area contributed by atoms with Crippen molar-refractivity contribution in [2.24, 2.45) is 5.92 Å². The van der Waals surface area contributed by atoms with Gasteiger partial charge in [0.15, 0.2) is 0 Å². The highest BCUT2D eigenvalue weighted by Crippen LogP contribution is 2.38. The number of hydrogen-bond donors (Lipinski definition) is 0. The summed E-state index contributed by atoms with van der Waals surface area (Å²) in [7, 11) is 0. The highest BCUT2D eigenvalue weighted by Gasteiger charge is 2.42. The van der Waals surface area contributed by atoms with E-state index in [1.807, 2.05) is 0 Å². The molecule has 24 heavy (non-hydrogen) atoms. The minimum absolute atomic E-state index is 0.812. The second-order valence-electron chi connectivity index (χ2n) is 8.27. The third kappa shape index (κ3) is 3.41. The maximum Gasteiger partial charge on any atom is 0.0283 e. The third-order valence-corrected chi connectivity index (χ3v) is 6.85. The molecule has 132 valence electrons. The van der Waals surface area contributed by atoms with Gasteiger partial charge in [-0.25, -0.2) is 0 Å². The van der Waals surface area contributed by atoms with Crippen molar-refractivity contribution in [1.82, 2.24) is 9.80 Å². The summed E-state index contributed by atoms with van der Waals surface area (Å²) >= 11 is 0. The number of nitrogens with zero attached hydrogens (tertiary/aromatic N) is 2. The lowest BCUT2D eigenvalue weighted by atomic mass is 9.78. The number of benzene rings is 1. The molecule has 0 unspecified atom stereocenters. The van der Waals surface area contributed by atoms with Crippen LogP contribution in [0.5, 0.6) is 0 Å². The van der Waals surface area contributed by atoms with Crippen molar-refractivity contribution in [2.75, 3.05) is 19.6 Å². The zero-order chi connectivity index (χ0) is 16.4. The van der Waals surface area contributed by atoms with Crippen molar-refractivity contribution in [3.63, 3.8) is 0 Å². The zero-order valence-electron chi connectivity index (χ0n) is 15.4. The van der Waals surface area contributed by atoms with Crippen LogP contribution in [0.15, 0.2) is 24.3 Å². The number of hydrogen-bond acceptors (Lipinski definition) is 2. The van der Waals surface area contributed by atoms with Crippen molar-refractivity contribution in [3.8, 4) is 0 Å². The molecule has 3 fully saturated rings. The Morgan fingerprint density at radius 3 is 2.33 bits per heavy atom. The van der Waals surface area contributed by atoms with Gasteiger partial charge in [-0.1, -0.05) is 50.5 Å². The topological polar surface area (TPSA) is 6.48 Å². The van der Waals surface area contributed by atoms with Crippen LogP contribution in [-0.4, -0.2) is 41.5 Å². The molecule has 1 saturated carbocycles. The molecular weight excluding hydrogens is 292 g/mol. The molecule has 2 saturated heterocycles. The van der Waals surface area contributed by atoms with E-state index in [4.69, 9.17) is 0 Å². The number of piperazine rings is 1. The fourth-order valence-corrected chi connectivity index (χ4v) is 5.55. The molecule has 0 radical (unpaired) electrons. The summed E-state index contributed by atoms with van der Waals surface area (Å²) in [6, 6.07) is 11.1. The molecule has 0 N–H and O–H groups in total. The molecule has 0 amide bonds. The Morgan fingerprint density at radius 2 is 1.58 bits per heavy atom. The van der Waals surface area contributed by atoms with E-state index in [0.717, 1.165) is 31.0 Å². The van der Waals surface area contributed by atoms with Gasteiger partial charge in [-0.3, -0.25) is 9.80 Å². The SMILES string of the molecule is CCc1ccc(CN2CCN3CCC[C@@H]3[C@@H]2C2CCCCC2)cc1. The van der Waals surface area contributed by atoms with Gasteiger partial charge in [-0.05, 0) is 55.7 Å². The van der Waals surface area contributed by atoms with Crippen LogP contribution in [0.1, 0.15) is 63.0 Å². The van der Waals surface area contributed by atoms with Gasteiger partial charge in [0.05, 0.1) is 0 Å². The van der Waals surface area contributed by atoms with Gasteiger partial charge in [0.2, 0.25) is 0 Å². The van der Waals surface area contributed by atoms with Crippen molar-refractivity contribution in [3.05, 3.63) is 35.4 Å². The standard InChI is InChI=1S/C22H34N2/c1-2-18-10-12-19(13-11-18)17-24-16-15-23-14-6-9-21(23)22(24)20-7-4-3-5-8-20/h10-13,20-22H,2-9,14-17H2,1H3/t21-,22+/m1/s1. The number of aryl methyl sites for hydroxylation is 1. The van der Waals surface area contributed by atoms with E-state index in [-0.39, 0.29) is 0 Å². The van der Waals surface area contributed by atoms with E-state index < -0.39 is 0 Å². The van der Waals surface area contributed by atoms with Crippen LogP contribution >= 0.6 is 0 Å². The van der Waals surface area contributed by atoms with Crippen LogP contribution in [0.2, 0.25) is 0 Å². The maximum absolute atomic E-state index is 2.86. The Morgan fingerprint density at radius 1 is 0.833 bits per heavy atom. The first kappa shape index (κ1) is 16.6. The van der Waals surface area contributed by atoms with Gasteiger partial charge in [-0.2, -0.15) is 0 Å². The van der Waals surface area contributed by atoms with E-state index in [1.165, 1.54) is 75.7 Å². The van der Waals surface area contributed by atoms with Crippen LogP contribution in [-0.2, 0) is 13.0 Å².